The second-order valence-corrected chi connectivity index (χ2v) is 6.32. The van der Waals surface area contributed by atoms with Gasteiger partial charge in [0.15, 0.2) is 18.1 Å². The molecule has 0 aromatic heterocycles. The van der Waals surface area contributed by atoms with Gasteiger partial charge < -0.3 is 19.6 Å². The highest BCUT2D eigenvalue weighted by Crippen LogP contribution is 2.35. The Kier molecular flexibility index (Phi) is 8.23. The molecule has 0 heterocycles. The zero-order valence-electron chi connectivity index (χ0n) is 15.0. The Labute approximate surface area is 168 Å². The third kappa shape index (κ3) is 6.66. The number of nitrogens with zero attached hydrogens (tertiary/aromatic N) is 1. The summed E-state index contributed by atoms with van der Waals surface area (Å²) in [6.07, 6.45) is 2.14. The molecule has 8 heteroatoms. The minimum atomic E-state index is -0.258. The van der Waals surface area contributed by atoms with Crippen LogP contribution in [0.4, 0.5) is 0 Å². The zero-order chi connectivity index (χ0) is 19.6. The van der Waals surface area contributed by atoms with Crippen LogP contribution in [0.15, 0.2) is 41.6 Å². The predicted molar refractivity (Wildman–Crippen MR) is 106 cm³/mol. The van der Waals surface area contributed by atoms with Crippen LogP contribution in [0.25, 0.3) is 0 Å². The van der Waals surface area contributed by atoms with Gasteiger partial charge in [0.25, 0.3) is 5.91 Å². The molecule has 0 atom stereocenters. The first-order valence-corrected chi connectivity index (χ1v) is 8.87. The number of hydrogen-bond acceptors (Lipinski definition) is 5. The Morgan fingerprint density at radius 3 is 2.56 bits per heavy atom. The number of benzene rings is 2. The number of carbonyl (C=O) groups is 1. The van der Waals surface area contributed by atoms with E-state index in [1.165, 1.54) is 20.4 Å². The number of nitrogens with one attached hydrogen (secondary N) is 1. The smallest absolute Gasteiger partial charge is 0.260 e. The van der Waals surface area contributed by atoms with Crippen LogP contribution < -0.4 is 14.8 Å². The molecule has 0 fully saturated rings. The molecule has 6 nitrogen and oxygen atoms in total. The van der Waals surface area contributed by atoms with Gasteiger partial charge in [-0.1, -0.05) is 40.5 Å². The fourth-order valence-electron chi connectivity index (χ4n) is 2.25. The molecule has 1 N–H and O–H groups in total. The first kappa shape index (κ1) is 20.9. The Morgan fingerprint density at radius 1 is 1.15 bits per heavy atom. The topological polar surface area (TPSA) is 69.2 Å². The van der Waals surface area contributed by atoms with Gasteiger partial charge in [0.1, 0.15) is 0 Å². The molecule has 0 unspecified atom stereocenters. The minimum Gasteiger partial charge on any atom is -0.493 e. The van der Waals surface area contributed by atoms with Crippen molar-refractivity contribution in [1.29, 1.82) is 0 Å². The van der Waals surface area contributed by atoms with Crippen molar-refractivity contribution < 1.29 is 19.1 Å². The lowest BCUT2D eigenvalue weighted by Crippen LogP contribution is -2.28. The molecular weight excluding hydrogens is 391 g/mol. The van der Waals surface area contributed by atoms with E-state index in [9.17, 15) is 4.79 Å². The number of halogens is 2. The average molecular weight is 411 g/mol. The van der Waals surface area contributed by atoms with Crippen molar-refractivity contribution in [1.82, 2.24) is 5.32 Å². The normalized spacial score (nSPS) is 10.7. The number of methoxy groups -OCH3 is 2. The highest BCUT2D eigenvalue weighted by Gasteiger charge is 2.10. The maximum absolute atomic E-state index is 11.7. The molecule has 0 aliphatic rings. The molecule has 2 aromatic carbocycles. The predicted octanol–water partition coefficient (Wildman–Crippen LogP) is 3.72. The summed E-state index contributed by atoms with van der Waals surface area (Å²) in [5.41, 5.74) is 1.74. The van der Waals surface area contributed by atoms with Crippen molar-refractivity contribution in [3.63, 3.8) is 0 Å². The van der Waals surface area contributed by atoms with E-state index in [1.807, 2.05) is 24.3 Å². The summed E-state index contributed by atoms with van der Waals surface area (Å²) in [6, 6.07) is 10.8. The number of rotatable bonds is 9. The SMILES string of the molecule is COc1cc(/C=N\OCC(=O)NCCc2ccc(Cl)cc2)cc(Cl)c1OC. The summed E-state index contributed by atoms with van der Waals surface area (Å²) in [5, 5.41) is 7.60. The second kappa shape index (κ2) is 10.6. The van der Waals surface area contributed by atoms with Gasteiger partial charge in [-0.05, 0) is 36.2 Å². The van der Waals surface area contributed by atoms with Crippen molar-refractivity contribution in [3.8, 4) is 11.5 Å². The number of carbonyl (C=O) groups excluding carboxylic acids is 1. The number of amides is 1. The molecule has 0 aliphatic heterocycles. The molecule has 1 amide bonds. The van der Waals surface area contributed by atoms with Crippen LogP contribution in [0.1, 0.15) is 11.1 Å². The average Bonchev–Trinajstić information content (AvgIpc) is 2.66. The lowest BCUT2D eigenvalue weighted by atomic mass is 10.1. The summed E-state index contributed by atoms with van der Waals surface area (Å²) < 4.78 is 10.4. The maximum Gasteiger partial charge on any atom is 0.260 e. The summed E-state index contributed by atoms with van der Waals surface area (Å²) >= 11 is 11.9. The standard InChI is InChI=1S/C19H20Cl2N2O4/c1-25-17-10-14(9-16(21)19(17)26-2)11-23-27-12-18(24)22-8-7-13-3-5-15(20)6-4-13/h3-6,9-11H,7-8,12H2,1-2H3,(H,22,24)/b23-11-. The molecule has 0 bridgehead atoms. The number of oxime groups is 1. The second-order valence-electron chi connectivity index (χ2n) is 5.47. The molecule has 27 heavy (non-hydrogen) atoms. The van der Waals surface area contributed by atoms with E-state index < -0.39 is 0 Å². The Bertz CT molecular complexity index is 795. The number of hydrogen-bond donors (Lipinski definition) is 1. The van der Waals surface area contributed by atoms with Gasteiger partial charge in [-0.15, -0.1) is 0 Å². The fourth-order valence-corrected chi connectivity index (χ4v) is 2.68. The van der Waals surface area contributed by atoms with Gasteiger partial charge in [-0.2, -0.15) is 0 Å². The van der Waals surface area contributed by atoms with Gasteiger partial charge in [-0.25, -0.2) is 0 Å². The van der Waals surface area contributed by atoms with Crippen LogP contribution >= 0.6 is 23.2 Å². The summed E-state index contributed by atoms with van der Waals surface area (Å²) in [5.74, 6) is 0.662. The van der Waals surface area contributed by atoms with Crippen molar-refractivity contribution in [3.05, 3.63) is 57.6 Å². The lowest BCUT2D eigenvalue weighted by Gasteiger charge is -2.09. The van der Waals surface area contributed by atoms with Gasteiger partial charge in [0.05, 0.1) is 25.5 Å². The van der Waals surface area contributed by atoms with E-state index in [4.69, 9.17) is 37.5 Å². The summed E-state index contributed by atoms with van der Waals surface area (Å²) in [6.45, 7) is 0.316. The van der Waals surface area contributed by atoms with E-state index in [-0.39, 0.29) is 12.5 Å². The molecule has 0 saturated carbocycles. The molecule has 0 aliphatic carbocycles. The van der Waals surface area contributed by atoms with E-state index in [0.29, 0.717) is 40.1 Å². The molecule has 2 aromatic rings. The van der Waals surface area contributed by atoms with Crippen molar-refractivity contribution >= 4 is 35.3 Å². The summed E-state index contributed by atoms with van der Waals surface area (Å²) in [4.78, 5) is 16.8. The molecular formula is C19H20Cl2N2O4. The molecule has 0 saturated heterocycles. The highest BCUT2D eigenvalue weighted by molar-refractivity contribution is 6.32. The van der Waals surface area contributed by atoms with Crippen molar-refractivity contribution in [2.24, 2.45) is 5.16 Å². The van der Waals surface area contributed by atoms with Gasteiger partial charge in [0.2, 0.25) is 0 Å². The zero-order valence-corrected chi connectivity index (χ0v) is 16.5. The monoisotopic (exact) mass is 410 g/mol. The van der Waals surface area contributed by atoms with Gasteiger partial charge >= 0.3 is 0 Å². The Balaban J connectivity index is 1.75. The minimum absolute atomic E-state index is 0.182. The first-order chi connectivity index (χ1) is 13.0. The molecule has 144 valence electrons. The highest BCUT2D eigenvalue weighted by atomic mass is 35.5. The number of ether oxygens (including phenoxy) is 2. The molecule has 0 radical (unpaired) electrons. The van der Waals surface area contributed by atoms with Crippen molar-refractivity contribution in [2.75, 3.05) is 27.4 Å². The van der Waals surface area contributed by atoms with E-state index in [0.717, 1.165) is 5.56 Å². The van der Waals surface area contributed by atoms with Crippen LogP contribution in [0.5, 0.6) is 11.5 Å². The van der Waals surface area contributed by atoms with Crippen LogP contribution in [0.2, 0.25) is 10.0 Å². The third-order valence-electron chi connectivity index (χ3n) is 3.58. The van der Waals surface area contributed by atoms with E-state index >= 15 is 0 Å². The van der Waals surface area contributed by atoms with Crippen molar-refractivity contribution in [2.45, 2.75) is 6.42 Å². The quantitative estimate of drug-likeness (QED) is 0.505. The van der Waals surface area contributed by atoms with E-state index in [2.05, 4.69) is 10.5 Å². The van der Waals surface area contributed by atoms with Gasteiger partial charge in [-0.3, -0.25) is 4.79 Å². The van der Waals surface area contributed by atoms with Crippen LogP contribution in [0.3, 0.4) is 0 Å². The lowest BCUT2D eigenvalue weighted by molar-refractivity contribution is -0.125. The van der Waals surface area contributed by atoms with E-state index in [1.54, 1.807) is 12.1 Å². The van der Waals surface area contributed by atoms with Crippen LogP contribution in [-0.2, 0) is 16.1 Å². The summed E-state index contributed by atoms with van der Waals surface area (Å²) in [7, 11) is 3.02. The van der Waals surface area contributed by atoms with Crippen LogP contribution in [0, 0.1) is 0 Å². The first-order valence-electron chi connectivity index (χ1n) is 8.11. The Hall–Kier alpha value is -2.44. The molecule has 0 spiro atoms. The third-order valence-corrected chi connectivity index (χ3v) is 4.11. The largest absolute Gasteiger partial charge is 0.493 e. The van der Waals surface area contributed by atoms with Crippen LogP contribution in [-0.4, -0.2) is 39.5 Å². The Morgan fingerprint density at radius 2 is 1.89 bits per heavy atom. The molecule has 2 rings (SSSR count). The van der Waals surface area contributed by atoms with Gasteiger partial charge in [0, 0.05) is 17.1 Å². The fraction of sp³-hybridized carbons (Fsp3) is 0.263. The maximum atomic E-state index is 11.7.